The van der Waals surface area contributed by atoms with E-state index in [0.29, 0.717) is 5.56 Å². The Bertz CT molecular complexity index is 607. The third kappa shape index (κ3) is 2.65. The fourth-order valence-corrected chi connectivity index (χ4v) is 1.48. The van der Waals surface area contributed by atoms with E-state index in [2.05, 4.69) is 10.1 Å². The molecule has 5 nitrogen and oxygen atoms in total. The SMILES string of the molecule is Cn1cc(C(=O)CC(=O)c2cncc(F)c2)cn1. The van der Waals surface area contributed by atoms with E-state index in [1.807, 2.05) is 0 Å². The van der Waals surface area contributed by atoms with Crippen molar-refractivity contribution in [3.63, 3.8) is 0 Å². The summed E-state index contributed by atoms with van der Waals surface area (Å²) in [4.78, 5) is 27.0. The first-order valence-electron chi connectivity index (χ1n) is 5.22. The van der Waals surface area contributed by atoms with Crippen molar-refractivity contribution in [2.45, 2.75) is 6.42 Å². The minimum atomic E-state index is -0.602. The second-order valence-corrected chi connectivity index (χ2v) is 3.82. The average Bonchev–Trinajstić information content (AvgIpc) is 2.76. The number of aryl methyl sites for hydroxylation is 1. The molecule has 2 rings (SSSR count). The summed E-state index contributed by atoms with van der Waals surface area (Å²) in [6.07, 6.45) is 4.83. The molecule has 0 aromatic carbocycles. The number of aromatic nitrogens is 3. The maximum Gasteiger partial charge on any atom is 0.173 e. The zero-order valence-electron chi connectivity index (χ0n) is 9.63. The topological polar surface area (TPSA) is 64.8 Å². The third-order valence-corrected chi connectivity index (χ3v) is 2.37. The monoisotopic (exact) mass is 247 g/mol. The van der Waals surface area contributed by atoms with Gasteiger partial charge in [-0.15, -0.1) is 0 Å². The van der Waals surface area contributed by atoms with Gasteiger partial charge < -0.3 is 0 Å². The van der Waals surface area contributed by atoms with Gasteiger partial charge in [0.2, 0.25) is 0 Å². The Labute approximate surface area is 102 Å². The minimum absolute atomic E-state index is 0.0900. The Morgan fingerprint density at radius 2 is 1.94 bits per heavy atom. The van der Waals surface area contributed by atoms with E-state index in [-0.39, 0.29) is 17.8 Å². The maximum atomic E-state index is 12.9. The molecule has 0 aliphatic rings. The molecule has 0 amide bonds. The number of carbonyl (C=O) groups excluding carboxylic acids is 2. The highest BCUT2D eigenvalue weighted by atomic mass is 19.1. The molecular formula is C12H10FN3O2. The summed E-state index contributed by atoms with van der Waals surface area (Å²) in [6.45, 7) is 0. The summed E-state index contributed by atoms with van der Waals surface area (Å²) in [5, 5.41) is 3.84. The highest BCUT2D eigenvalue weighted by Crippen LogP contribution is 2.08. The summed E-state index contributed by atoms with van der Waals surface area (Å²) in [6, 6.07) is 1.06. The molecule has 0 atom stereocenters. The van der Waals surface area contributed by atoms with Crippen LogP contribution >= 0.6 is 0 Å². The number of hydrogen-bond acceptors (Lipinski definition) is 4. The Morgan fingerprint density at radius 1 is 1.22 bits per heavy atom. The largest absolute Gasteiger partial charge is 0.294 e. The summed E-state index contributed by atoms with van der Waals surface area (Å²) < 4.78 is 14.4. The van der Waals surface area contributed by atoms with Crippen LogP contribution in [0, 0.1) is 5.82 Å². The van der Waals surface area contributed by atoms with Crippen molar-refractivity contribution in [1.82, 2.24) is 14.8 Å². The molecule has 0 saturated carbocycles. The molecule has 0 spiro atoms. The third-order valence-electron chi connectivity index (χ3n) is 2.37. The van der Waals surface area contributed by atoms with Gasteiger partial charge in [0, 0.05) is 25.0 Å². The molecule has 0 radical (unpaired) electrons. The zero-order chi connectivity index (χ0) is 13.1. The van der Waals surface area contributed by atoms with Crippen LogP contribution < -0.4 is 0 Å². The molecule has 6 heteroatoms. The van der Waals surface area contributed by atoms with Gasteiger partial charge >= 0.3 is 0 Å². The molecule has 0 N–H and O–H groups in total. The van der Waals surface area contributed by atoms with Crippen LogP contribution in [-0.2, 0) is 7.05 Å². The van der Waals surface area contributed by atoms with Crippen LogP contribution in [0.3, 0.4) is 0 Å². The van der Waals surface area contributed by atoms with Gasteiger partial charge in [-0.2, -0.15) is 5.10 Å². The Morgan fingerprint density at radius 3 is 2.56 bits per heavy atom. The first-order valence-corrected chi connectivity index (χ1v) is 5.22. The Hall–Kier alpha value is -2.37. The van der Waals surface area contributed by atoms with Crippen molar-refractivity contribution in [2.75, 3.05) is 0 Å². The number of carbonyl (C=O) groups is 2. The number of ketones is 2. The lowest BCUT2D eigenvalue weighted by Gasteiger charge is -1.99. The second-order valence-electron chi connectivity index (χ2n) is 3.82. The van der Waals surface area contributed by atoms with E-state index in [1.165, 1.54) is 23.3 Å². The van der Waals surface area contributed by atoms with Crippen molar-refractivity contribution < 1.29 is 14.0 Å². The lowest BCUT2D eigenvalue weighted by molar-refractivity contribution is 0.0893. The molecular weight excluding hydrogens is 237 g/mol. The zero-order valence-corrected chi connectivity index (χ0v) is 9.63. The number of Topliss-reactive ketones (excluding diaryl/α,β-unsaturated/α-hetero) is 2. The molecule has 2 aromatic heterocycles. The minimum Gasteiger partial charge on any atom is -0.294 e. The first kappa shape index (κ1) is 12.1. The van der Waals surface area contributed by atoms with E-state index in [0.717, 1.165) is 12.3 Å². The van der Waals surface area contributed by atoms with Crippen LogP contribution in [0.5, 0.6) is 0 Å². The van der Waals surface area contributed by atoms with E-state index in [4.69, 9.17) is 0 Å². The lowest BCUT2D eigenvalue weighted by Crippen LogP contribution is -2.08. The number of nitrogens with zero attached hydrogens (tertiary/aromatic N) is 3. The second kappa shape index (κ2) is 4.87. The Balaban J connectivity index is 2.10. The van der Waals surface area contributed by atoms with E-state index >= 15 is 0 Å². The van der Waals surface area contributed by atoms with Gasteiger partial charge in [0.1, 0.15) is 5.82 Å². The number of halogens is 1. The normalized spacial score (nSPS) is 10.3. The van der Waals surface area contributed by atoms with Crippen molar-refractivity contribution in [1.29, 1.82) is 0 Å². The van der Waals surface area contributed by atoms with Gasteiger partial charge in [-0.05, 0) is 6.07 Å². The van der Waals surface area contributed by atoms with Gasteiger partial charge in [-0.25, -0.2) is 4.39 Å². The molecule has 92 valence electrons. The van der Waals surface area contributed by atoms with E-state index in [9.17, 15) is 14.0 Å². The molecule has 0 unspecified atom stereocenters. The lowest BCUT2D eigenvalue weighted by atomic mass is 10.1. The summed E-state index contributed by atoms with van der Waals surface area (Å²) in [7, 11) is 1.68. The van der Waals surface area contributed by atoms with Gasteiger partial charge in [0.15, 0.2) is 11.6 Å². The van der Waals surface area contributed by atoms with Gasteiger partial charge in [-0.1, -0.05) is 0 Å². The fourth-order valence-electron chi connectivity index (χ4n) is 1.48. The van der Waals surface area contributed by atoms with E-state index < -0.39 is 11.6 Å². The number of hydrogen-bond donors (Lipinski definition) is 0. The summed E-state index contributed by atoms with van der Waals surface area (Å²) in [5.74, 6) is -1.41. The standard InChI is InChI=1S/C12H10FN3O2/c1-16-7-9(5-15-16)12(18)3-11(17)8-2-10(13)6-14-4-8/h2,4-7H,3H2,1H3. The van der Waals surface area contributed by atoms with E-state index in [1.54, 1.807) is 7.05 Å². The van der Waals surface area contributed by atoms with Crippen molar-refractivity contribution >= 4 is 11.6 Å². The van der Waals surface area contributed by atoms with Crippen LogP contribution in [0.1, 0.15) is 27.1 Å². The molecule has 0 saturated heterocycles. The molecule has 0 fully saturated rings. The van der Waals surface area contributed by atoms with Crippen LogP contribution in [0.25, 0.3) is 0 Å². The molecule has 2 aromatic rings. The van der Waals surface area contributed by atoms with Crippen molar-refractivity contribution in [3.8, 4) is 0 Å². The van der Waals surface area contributed by atoms with Crippen LogP contribution in [0.4, 0.5) is 4.39 Å². The molecule has 2 heterocycles. The number of rotatable bonds is 4. The molecule has 18 heavy (non-hydrogen) atoms. The molecule has 0 aliphatic carbocycles. The van der Waals surface area contributed by atoms with Crippen LogP contribution in [-0.4, -0.2) is 26.3 Å². The molecule has 0 aliphatic heterocycles. The smallest absolute Gasteiger partial charge is 0.173 e. The quantitative estimate of drug-likeness (QED) is 0.605. The van der Waals surface area contributed by atoms with Gasteiger partial charge in [0.05, 0.1) is 24.4 Å². The highest BCUT2D eigenvalue weighted by molar-refractivity contribution is 6.13. The Kier molecular flexibility index (Phi) is 3.27. The number of pyridine rings is 1. The fraction of sp³-hybridized carbons (Fsp3) is 0.167. The van der Waals surface area contributed by atoms with Crippen molar-refractivity contribution in [2.24, 2.45) is 7.05 Å². The van der Waals surface area contributed by atoms with Gasteiger partial charge in [-0.3, -0.25) is 19.3 Å². The predicted molar refractivity (Wildman–Crippen MR) is 60.7 cm³/mol. The van der Waals surface area contributed by atoms with Crippen molar-refractivity contribution in [3.05, 3.63) is 47.8 Å². The maximum absolute atomic E-state index is 12.9. The van der Waals surface area contributed by atoms with Gasteiger partial charge in [0.25, 0.3) is 0 Å². The first-order chi connectivity index (χ1) is 8.56. The average molecular weight is 247 g/mol. The summed E-state index contributed by atoms with van der Waals surface area (Å²) >= 11 is 0. The highest BCUT2D eigenvalue weighted by Gasteiger charge is 2.15. The molecule has 0 bridgehead atoms. The summed E-state index contributed by atoms with van der Waals surface area (Å²) in [5.41, 5.74) is 0.447. The predicted octanol–water partition coefficient (Wildman–Crippen LogP) is 1.41. The van der Waals surface area contributed by atoms with Crippen LogP contribution in [0.15, 0.2) is 30.9 Å². The van der Waals surface area contributed by atoms with Crippen LogP contribution in [0.2, 0.25) is 0 Å².